The quantitative estimate of drug-likeness (QED) is 0.224. The minimum atomic E-state index is -1.94. The van der Waals surface area contributed by atoms with Crippen molar-refractivity contribution in [1.29, 1.82) is 5.26 Å². The third kappa shape index (κ3) is 9.02. The summed E-state index contributed by atoms with van der Waals surface area (Å²) in [5, 5.41) is 21.3. The lowest BCUT2D eigenvalue weighted by Gasteiger charge is -2.27. The van der Waals surface area contributed by atoms with Gasteiger partial charge in [0.15, 0.2) is 6.10 Å². The van der Waals surface area contributed by atoms with Crippen LogP contribution in [0.1, 0.15) is 34.6 Å². The van der Waals surface area contributed by atoms with Gasteiger partial charge in [-0.2, -0.15) is 5.26 Å². The van der Waals surface area contributed by atoms with E-state index in [2.05, 4.69) is 5.09 Å². The number of aliphatic carboxylic acids is 1. The monoisotopic (exact) mass is 478 g/mol. The highest BCUT2D eigenvalue weighted by molar-refractivity contribution is 7.52. The summed E-state index contributed by atoms with van der Waals surface area (Å²) >= 11 is 0. The molecule has 0 aromatic carbocycles. The Morgan fingerprint density at radius 2 is 1.62 bits per heavy atom. The SMILES string of the molecule is CC(=O)OC1OC(COC(C(=O)O)P(NC(C)C)OCC#N)C(OC(C)=O)C1OC(C)=O. The highest BCUT2D eigenvalue weighted by Gasteiger charge is 2.51. The molecule has 13 nitrogen and oxygen atoms in total. The van der Waals surface area contributed by atoms with E-state index < -0.39 is 69.2 Å². The summed E-state index contributed by atoms with van der Waals surface area (Å²) in [5.41, 5.74) is 0. The van der Waals surface area contributed by atoms with Crippen molar-refractivity contribution in [3.05, 3.63) is 0 Å². The number of carbonyl (C=O) groups is 4. The Balaban J connectivity index is 3.07. The fourth-order valence-corrected chi connectivity index (χ4v) is 4.16. The molecule has 32 heavy (non-hydrogen) atoms. The molecule has 0 amide bonds. The minimum absolute atomic E-state index is 0.177. The van der Waals surface area contributed by atoms with Gasteiger partial charge in [0, 0.05) is 26.8 Å². The van der Waals surface area contributed by atoms with E-state index >= 15 is 0 Å². The average Bonchev–Trinajstić information content (AvgIpc) is 2.93. The summed E-state index contributed by atoms with van der Waals surface area (Å²) < 4.78 is 31.7. The lowest BCUT2D eigenvalue weighted by atomic mass is 10.1. The molecule has 1 fully saturated rings. The van der Waals surface area contributed by atoms with E-state index in [-0.39, 0.29) is 12.6 Å². The second-order valence-corrected chi connectivity index (χ2v) is 8.50. The smallest absolute Gasteiger partial charge is 0.341 e. The Kier molecular flexibility index (Phi) is 11.5. The van der Waals surface area contributed by atoms with Crippen LogP contribution in [0.25, 0.3) is 0 Å². The van der Waals surface area contributed by atoms with Crippen molar-refractivity contribution in [2.24, 2.45) is 0 Å². The molecule has 0 spiro atoms. The van der Waals surface area contributed by atoms with Crippen molar-refractivity contribution >= 4 is 32.2 Å². The first-order valence-electron chi connectivity index (χ1n) is 9.53. The number of nitriles is 1. The van der Waals surface area contributed by atoms with Crippen LogP contribution in [0.15, 0.2) is 0 Å². The third-order valence-electron chi connectivity index (χ3n) is 3.65. The lowest BCUT2D eigenvalue weighted by Crippen LogP contribution is -2.42. The zero-order valence-corrected chi connectivity index (χ0v) is 19.2. The van der Waals surface area contributed by atoms with E-state index in [0.29, 0.717) is 0 Å². The van der Waals surface area contributed by atoms with E-state index in [1.165, 1.54) is 0 Å². The van der Waals surface area contributed by atoms with Gasteiger partial charge in [0.25, 0.3) is 0 Å². The summed E-state index contributed by atoms with van der Waals surface area (Å²) in [6.45, 7) is 6.04. The Bertz CT molecular complexity index is 726. The fourth-order valence-electron chi connectivity index (χ4n) is 2.69. The lowest BCUT2D eigenvalue weighted by molar-refractivity contribution is -0.197. The molecule has 0 bridgehead atoms. The van der Waals surface area contributed by atoms with Crippen molar-refractivity contribution in [1.82, 2.24) is 5.09 Å². The van der Waals surface area contributed by atoms with E-state index in [0.717, 1.165) is 20.8 Å². The zero-order valence-electron chi connectivity index (χ0n) is 18.3. The maximum atomic E-state index is 11.8. The first-order valence-corrected chi connectivity index (χ1v) is 10.9. The number of rotatable bonds is 12. The van der Waals surface area contributed by atoms with Gasteiger partial charge in [-0.05, 0) is 13.8 Å². The van der Waals surface area contributed by atoms with E-state index in [4.69, 9.17) is 33.5 Å². The Morgan fingerprint density at radius 3 is 2.09 bits per heavy atom. The van der Waals surface area contributed by atoms with E-state index in [9.17, 15) is 24.3 Å². The van der Waals surface area contributed by atoms with Crippen molar-refractivity contribution < 1.29 is 52.5 Å². The zero-order chi connectivity index (χ0) is 24.4. The molecule has 2 N–H and O–H groups in total. The van der Waals surface area contributed by atoms with Gasteiger partial charge in [-0.25, -0.2) is 4.79 Å². The van der Waals surface area contributed by atoms with Crippen LogP contribution in [0.2, 0.25) is 0 Å². The normalized spacial score (nSPS) is 24.3. The molecule has 0 radical (unpaired) electrons. The largest absolute Gasteiger partial charge is 0.479 e. The molecule has 1 aliphatic heterocycles. The molecule has 6 atom stereocenters. The fraction of sp³-hybridized carbons (Fsp3) is 0.722. The molecule has 0 saturated carbocycles. The van der Waals surface area contributed by atoms with Crippen LogP contribution in [0.5, 0.6) is 0 Å². The van der Waals surface area contributed by atoms with Crippen molar-refractivity contribution in [2.45, 2.75) is 71.1 Å². The molecule has 0 aliphatic carbocycles. The third-order valence-corrected chi connectivity index (χ3v) is 5.62. The first kappa shape index (κ1) is 27.7. The summed E-state index contributed by atoms with van der Waals surface area (Å²) in [7, 11) is -1.94. The van der Waals surface area contributed by atoms with Crippen LogP contribution >= 0.6 is 8.30 Å². The minimum Gasteiger partial charge on any atom is -0.479 e. The van der Waals surface area contributed by atoms with Gasteiger partial charge in [-0.15, -0.1) is 0 Å². The number of hydrogen-bond acceptors (Lipinski definition) is 12. The van der Waals surface area contributed by atoms with Crippen LogP contribution in [0.4, 0.5) is 0 Å². The van der Waals surface area contributed by atoms with Crippen LogP contribution < -0.4 is 5.09 Å². The van der Waals surface area contributed by atoms with E-state index in [1.54, 1.807) is 19.9 Å². The molecular weight excluding hydrogens is 451 g/mol. The predicted molar refractivity (Wildman–Crippen MR) is 106 cm³/mol. The maximum Gasteiger partial charge on any atom is 0.341 e. The number of nitrogens with zero attached hydrogens (tertiary/aromatic N) is 1. The van der Waals surface area contributed by atoms with Gasteiger partial charge >= 0.3 is 23.9 Å². The van der Waals surface area contributed by atoms with Gasteiger partial charge in [0.1, 0.15) is 21.0 Å². The predicted octanol–water partition coefficient (Wildman–Crippen LogP) is 0.415. The summed E-state index contributed by atoms with van der Waals surface area (Å²) in [4.78, 5) is 46.3. The maximum absolute atomic E-state index is 11.8. The van der Waals surface area contributed by atoms with Crippen molar-refractivity contribution in [3.63, 3.8) is 0 Å². The highest BCUT2D eigenvalue weighted by atomic mass is 31.2. The number of nitrogens with one attached hydrogen (secondary N) is 1. The second-order valence-electron chi connectivity index (χ2n) is 6.87. The summed E-state index contributed by atoms with van der Waals surface area (Å²) in [6, 6.07) is 1.59. The second kappa shape index (κ2) is 13.2. The Morgan fingerprint density at radius 1 is 1.06 bits per heavy atom. The van der Waals surface area contributed by atoms with Gasteiger partial charge in [-0.3, -0.25) is 19.5 Å². The molecule has 6 unspecified atom stereocenters. The molecular formula is C18H27N2O11P. The molecule has 180 valence electrons. The molecule has 1 heterocycles. The Labute approximate surface area is 186 Å². The molecule has 1 saturated heterocycles. The summed E-state index contributed by atoms with van der Waals surface area (Å²) in [6.07, 6.45) is -5.06. The number of carboxylic acids is 1. The topological polar surface area (TPSA) is 180 Å². The summed E-state index contributed by atoms with van der Waals surface area (Å²) in [5.74, 6) is -5.10. The van der Waals surface area contributed by atoms with Gasteiger partial charge in [0.05, 0.1) is 12.7 Å². The number of carboxylic acid groups (broad SMARTS) is 1. The van der Waals surface area contributed by atoms with Gasteiger partial charge in [-0.1, -0.05) is 0 Å². The van der Waals surface area contributed by atoms with E-state index in [1.807, 2.05) is 0 Å². The number of hydrogen-bond donors (Lipinski definition) is 2. The number of esters is 3. The highest BCUT2D eigenvalue weighted by Crippen LogP contribution is 2.40. The standard InChI is InChI=1S/C18H27N2O11P/c1-9(2)20-32(27-7-6-19)18(16(24)25)26-8-13-14(28-10(3)21)15(29-11(4)22)17(31-13)30-12(5)23/h9,13-15,17-18,20H,7-8H2,1-5H3,(H,24,25). The van der Waals surface area contributed by atoms with Crippen LogP contribution in [-0.4, -0.2) is 78.7 Å². The number of ether oxygens (including phenoxy) is 5. The Hall–Kier alpha value is -2.36. The average molecular weight is 478 g/mol. The van der Waals surface area contributed by atoms with Crippen molar-refractivity contribution in [3.8, 4) is 6.07 Å². The van der Waals surface area contributed by atoms with Crippen LogP contribution in [0, 0.1) is 11.3 Å². The first-order chi connectivity index (χ1) is 15.0. The van der Waals surface area contributed by atoms with Gasteiger partial charge in [0.2, 0.25) is 18.2 Å². The molecule has 1 aliphatic rings. The van der Waals surface area contributed by atoms with Gasteiger partial charge < -0.3 is 33.3 Å². The molecule has 1 rings (SSSR count). The molecule has 0 aromatic heterocycles. The van der Waals surface area contributed by atoms with Crippen LogP contribution in [0.3, 0.4) is 0 Å². The van der Waals surface area contributed by atoms with Crippen molar-refractivity contribution in [2.75, 3.05) is 13.2 Å². The molecule has 14 heteroatoms. The molecule has 0 aromatic rings. The van der Waals surface area contributed by atoms with Crippen LogP contribution in [-0.2, 0) is 47.4 Å². The number of carbonyl (C=O) groups excluding carboxylic acids is 3.